The SMILES string of the molecule is NCc1ccc(C(=O)N2CCN(c3cc(C(F)(F)F)ccn3)CC2)cc1. The number of piperazine rings is 1. The molecule has 0 unspecified atom stereocenters. The lowest BCUT2D eigenvalue weighted by atomic mass is 10.1. The van der Waals surface area contributed by atoms with Gasteiger partial charge in [-0.15, -0.1) is 0 Å². The van der Waals surface area contributed by atoms with Crippen LogP contribution in [0.1, 0.15) is 21.5 Å². The Morgan fingerprint density at radius 3 is 2.31 bits per heavy atom. The van der Waals surface area contributed by atoms with Gasteiger partial charge in [0.25, 0.3) is 5.91 Å². The highest BCUT2D eigenvalue weighted by molar-refractivity contribution is 5.94. The molecule has 2 aromatic rings. The van der Waals surface area contributed by atoms with Crippen molar-refractivity contribution in [2.75, 3.05) is 31.1 Å². The van der Waals surface area contributed by atoms with Crippen LogP contribution in [0.15, 0.2) is 42.6 Å². The minimum absolute atomic E-state index is 0.0924. The summed E-state index contributed by atoms with van der Waals surface area (Å²) < 4.78 is 38.5. The van der Waals surface area contributed by atoms with Gasteiger partial charge in [-0.05, 0) is 29.8 Å². The molecule has 0 saturated carbocycles. The van der Waals surface area contributed by atoms with Crippen LogP contribution >= 0.6 is 0 Å². The van der Waals surface area contributed by atoms with E-state index in [1.165, 1.54) is 0 Å². The van der Waals surface area contributed by atoms with E-state index in [1.54, 1.807) is 21.9 Å². The average Bonchev–Trinajstić information content (AvgIpc) is 2.67. The number of anilines is 1. The number of halogens is 3. The summed E-state index contributed by atoms with van der Waals surface area (Å²) in [4.78, 5) is 20.0. The number of pyridine rings is 1. The zero-order chi connectivity index (χ0) is 18.7. The molecule has 2 heterocycles. The first-order chi connectivity index (χ1) is 12.4. The van der Waals surface area contributed by atoms with Crippen LogP contribution in [0.5, 0.6) is 0 Å². The molecular weight excluding hydrogens is 345 g/mol. The molecule has 1 aliphatic rings. The summed E-state index contributed by atoms with van der Waals surface area (Å²) in [7, 11) is 0. The van der Waals surface area contributed by atoms with E-state index >= 15 is 0 Å². The lowest BCUT2D eigenvalue weighted by Crippen LogP contribution is -2.49. The molecule has 8 heteroatoms. The van der Waals surface area contributed by atoms with Gasteiger partial charge < -0.3 is 15.5 Å². The Morgan fingerprint density at radius 2 is 1.73 bits per heavy atom. The van der Waals surface area contributed by atoms with Gasteiger partial charge in [0, 0.05) is 44.5 Å². The van der Waals surface area contributed by atoms with Crippen LogP contribution in [0, 0.1) is 0 Å². The summed E-state index contributed by atoms with van der Waals surface area (Å²) in [5, 5.41) is 0. The third-order valence-corrected chi connectivity index (χ3v) is 4.40. The maximum atomic E-state index is 12.8. The van der Waals surface area contributed by atoms with Crippen molar-refractivity contribution in [3.05, 3.63) is 59.3 Å². The summed E-state index contributed by atoms with van der Waals surface area (Å²) in [6.45, 7) is 2.13. The Morgan fingerprint density at radius 1 is 1.08 bits per heavy atom. The van der Waals surface area contributed by atoms with Gasteiger partial charge in [0.2, 0.25) is 0 Å². The number of aromatic nitrogens is 1. The molecule has 5 nitrogen and oxygen atoms in total. The molecule has 1 aromatic heterocycles. The number of hydrogen-bond donors (Lipinski definition) is 1. The summed E-state index contributed by atoms with van der Waals surface area (Å²) >= 11 is 0. The molecule has 0 bridgehead atoms. The summed E-state index contributed by atoms with van der Waals surface area (Å²) in [6, 6.07) is 9.11. The van der Waals surface area contributed by atoms with E-state index in [0.717, 1.165) is 23.9 Å². The molecule has 3 rings (SSSR count). The van der Waals surface area contributed by atoms with E-state index in [9.17, 15) is 18.0 Å². The van der Waals surface area contributed by atoms with Gasteiger partial charge in [0.15, 0.2) is 0 Å². The number of nitrogens with two attached hydrogens (primary N) is 1. The second-order valence-electron chi connectivity index (χ2n) is 6.08. The smallest absolute Gasteiger partial charge is 0.353 e. The lowest BCUT2D eigenvalue weighted by molar-refractivity contribution is -0.137. The van der Waals surface area contributed by atoms with Gasteiger partial charge in [-0.3, -0.25) is 4.79 Å². The third-order valence-electron chi connectivity index (χ3n) is 4.40. The Labute approximate surface area is 149 Å². The fourth-order valence-electron chi connectivity index (χ4n) is 2.87. The monoisotopic (exact) mass is 364 g/mol. The van der Waals surface area contributed by atoms with Crippen LogP contribution in [0.2, 0.25) is 0 Å². The number of hydrogen-bond acceptors (Lipinski definition) is 4. The van der Waals surface area contributed by atoms with Crippen LogP contribution in [0.4, 0.5) is 19.0 Å². The maximum absolute atomic E-state index is 12.8. The standard InChI is InChI=1S/C18H19F3N4O/c19-18(20,21)15-5-6-23-16(11-15)24-7-9-25(10-8-24)17(26)14-3-1-13(12-22)2-4-14/h1-6,11H,7-10,12,22H2. The van der Waals surface area contributed by atoms with Gasteiger partial charge in [0.05, 0.1) is 5.56 Å². The summed E-state index contributed by atoms with van der Waals surface area (Å²) in [6.07, 6.45) is -3.24. The highest BCUT2D eigenvalue weighted by Gasteiger charge is 2.31. The normalized spacial score (nSPS) is 15.2. The van der Waals surface area contributed by atoms with Gasteiger partial charge in [-0.1, -0.05) is 12.1 Å². The number of carbonyl (C=O) groups is 1. The molecule has 1 aliphatic heterocycles. The molecule has 0 atom stereocenters. The van der Waals surface area contributed by atoms with Crippen molar-refractivity contribution in [2.45, 2.75) is 12.7 Å². The van der Waals surface area contributed by atoms with Gasteiger partial charge >= 0.3 is 6.18 Å². The molecular formula is C18H19F3N4O. The fourth-order valence-corrected chi connectivity index (χ4v) is 2.87. The van der Waals surface area contributed by atoms with Crippen LogP contribution < -0.4 is 10.6 Å². The first-order valence-corrected chi connectivity index (χ1v) is 8.25. The molecule has 0 aliphatic carbocycles. The Balaban J connectivity index is 1.64. The van der Waals surface area contributed by atoms with E-state index in [2.05, 4.69) is 4.98 Å². The highest BCUT2D eigenvalue weighted by Crippen LogP contribution is 2.30. The Hall–Kier alpha value is -2.61. The fraction of sp³-hybridized carbons (Fsp3) is 0.333. The number of rotatable bonds is 3. The molecule has 1 saturated heterocycles. The number of carbonyl (C=O) groups excluding carboxylic acids is 1. The Bertz CT molecular complexity index is 769. The van der Waals surface area contributed by atoms with E-state index in [-0.39, 0.29) is 11.7 Å². The van der Waals surface area contributed by atoms with E-state index in [4.69, 9.17) is 5.73 Å². The molecule has 26 heavy (non-hydrogen) atoms. The van der Waals surface area contributed by atoms with E-state index < -0.39 is 11.7 Å². The van der Waals surface area contributed by atoms with Crippen molar-refractivity contribution in [3.63, 3.8) is 0 Å². The van der Waals surface area contributed by atoms with Crippen molar-refractivity contribution in [2.24, 2.45) is 5.73 Å². The lowest BCUT2D eigenvalue weighted by Gasteiger charge is -2.35. The van der Waals surface area contributed by atoms with E-state index in [1.807, 2.05) is 12.1 Å². The first-order valence-electron chi connectivity index (χ1n) is 8.25. The Kier molecular flexibility index (Phi) is 5.13. The molecule has 0 radical (unpaired) electrons. The summed E-state index contributed by atoms with van der Waals surface area (Å²) in [5.41, 5.74) is 6.35. The second kappa shape index (κ2) is 7.33. The van der Waals surface area contributed by atoms with Crippen molar-refractivity contribution in [3.8, 4) is 0 Å². The maximum Gasteiger partial charge on any atom is 0.416 e. The second-order valence-corrected chi connectivity index (χ2v) is 6.08. The van der Waals surface area contributed by atoms with E-state index in [0.29, 0.717) is 38.3 Å². The highest BCUT2D eigenvalue weighted by atomic mass is 19.4. The molecule has 1 amide bonds. The molecule has 0 spiro atoms. The van der Waals surface area contributed by atoms with Crippen molar-refractivity contribution < 1.29 is 18.0 Å². The minimum atomic E-state index is -4.40. The van der Waals surface area contributed by atoms with Gasteiger partial charge in [-0.2, -0.15) is 13.2 Å². The predicted molar refractivity (Wildman–Crippen MR) is 91.7 cm³/mol. The molecule has 138 valence electrons. The molecule has 1 fully saturated rings. The molecule has 2 N–H and O–H groups in total. The van der Waals surface area contributed by atoms with Crippen molar-refractivity contribution in [1.82, 2.24) is 9.88 Å². The number of nitrogens with zero attached hydrogens (tertiary/aromatic N) is 3. The quantitative estimate of drug-likeness (QED) is 0.909. The van der Waals surface area contributed by atoms with Crippen molar-refractivity contribution >= 4 is 11.7 Å². The first kappa shape index (κ1) is 18.2. The molecule has 1 aromatic carbocycles. The van der Waals surface area contributed by atoms with Crippen LogP contribution in [0.3, 0.4) is 0 Å². The average molecular weight is 364 g/mol. The van der Waals surface area contributed by atoms with Crippen LogP contribution in [-0.2, 0) is 12.7 Å². The predicted octanol–water partition coefficient (Wildman–Crippen LogP) is 2.52. The summed E-state index contributed by atoms with van der Waals surface area (Å²) in [5.74, 6) is 0.185. The number of benzene rings is 1. The number of alkyl halides is 3. The topological polar surface area (TPSA) is 62.5 Å². The van der Waals surface area contributed by atoms with Gasteiger partial charge in [-0.25, -0.2) is 4.98 Å². The number of amides is 1. The van der Waals surface area contributed by atoms with Crippen LogP contribution in [0.25, 0.3) is 0 Å². The van der Waals surface area contributed by atoms with Crippen LogP contribution in [-0.4, -0.2) is 42.0 Å². The van der Waals surface area contributed by atoms with Crippen molar-refractivity contribution in [1.29, 1.82) is 0 Å². The largest absolute Gasteiger partial charge is 0.416 e. The third kappa shape index (κ3) is 3.96. The zero-order valence-corrected chi connectivity index (χ0v) is 14.0. The minimum Gasteiger partial charge on any atom is -0.353 e. The zero-order valence-electron chi connectivity index (χ0n) is 14.0. The van der Waals surface area contributed by atoms with Gasteiger partial charge in [0.1, 0.15) is 5.82 Å².